The highest BCUT2D eigenvalue weighted by Crippen LogP contribution is 2.23. The Balaban J connectivity index is 2.14. The number of aromatic nitrogens is 2. The second-order valence-corrected chi connectivity index (χ2v) is 4.73. The van der Waals surface area contributed by atoms with Crippen LogP contribution < -0.4 is 4.74 Å². The van der Waals surface area contributed by atoms with Crippen LogP contribution in [0.5, 0.6) is 5.75 Å². The highest BCUT2D eigenvalue weighted by molar-refractivity contribution is 7.10. The average molecular weight is 266 g/mol. The number of aryl methyl sites for hydroxylation is 1. The van der Waals surface area contributed by atoms with Crippen molar-refractivity contribution < 1.29 is 4.74 Å². The van der Waals surface area contributed by atoms with E-state index in [1.165, 1.54) is 0 Å². The molecule has 1 heterocycles. The van der Waals surface area contributed by atoms with Crippen LogP contribution >= 0.6 is 23.1 Å². The van der Waals surface area contributed by atoms with E-state index in [0.717, 1.165) is 17.1 Å². The second kappa shape index (κ2) is 5.13. The molecule has 4 nitrogen and oxygen atoms in total. The number of ether oxygens (including phenoxy) is 1. The molecule has 0 saturated heterocycles. The van der Waals surface area contributed by atoms with Crippen molar-refractivity contribution in [2.75, 3.05) is 0 Å². The van der Waals surface area contributed by atoms with Gasteiger partial charge in [0.15, 0.2) is 0 Å². The molecule has 0 amide bonds. The van der Waals surface area contributed by atoms with E-state index < -0.39 is 0 Å². The van der Waals surface area contributed by atoms with E-state index in [2.05, 4.69) is 15.7 Å². The molecule has 1 aromatic carbocycles. The van der Waals surface area contributed by atoms with Gasteiger partial charge >= 0.3 is 0 Å². The van der Waals surface area contributed by atoms with Crippen molar-refractivity contribution in [3.05, 3.63) is 39.4 Å². The van der Waals surface area contributed by atoms with Crippen LogP contribution in [-0.2, 0) is 6.61 Å². The molecule has 1 aromatic heterocycles. The maximum absolute atomic E-state index is 8.80. The molecule has 2 rings (SSSR count). The normalized spacial score (nSPS) is 9.94. The van der Waals surface area contributed by atoms with Crippen LogP contribution in [0.4, 0.5) is 0 Å². The van der Waals surface area contributed by atoms with Gasteiger partial charge in [-0.1, -0.05) is 22.2 Å². The molecule has 0 saturated carbocycles. The van der Waals surface area contributed by atoms with Gasteiger partial charge in [-0.15, -0.1) is 5.10 Å². The number of rotatable bonds is 3. The van der Waals surface area contributed by atoms with Gasteiger partial charge in [0.05, 0.1) is 11.6 Å². The Bertz CT molecular complexity index is 576. The fraction of sp³-hybridized carbons (Fsp3) is 0.182. The molecule has 0 aliphatic heterocycles. The molecule has 17 heavy (non-hydrogen) atoms. The molecule has 0 N–H and O–H groups in total. The molecular formula is C11H8ClN3OS. The Morgan fingerprint density at radius 2 is 2.35 bits per heavy atom. The van der Waals surface area contributed by atoms with E-state index in [0.29, 0.717) is 21.3 Å². The van der Waals surface area contributed by atoms with Gasteiger partial charge in [-0.3, -0.25) is 0 Å². The van der Waals surface area contributed by atoms with Gasteiger partial charge in [-0.25, -0.2) is 0 Å². The standard InChI is InChI=1S/C11H8ClN3OS/c1-7-2-3-8(5-13)4-10(7)16-6-9-11(12)17-15-14-9/h2-4H,6H2,1H3. The van der Waals surface area contributed by atoms with Crippen LogP contribution in [0.2, 0.25) is 4.34 Å². The summed E-state index contributed by atoms with van der Waals surface area (Å²) in [7, 11) is 0. The van der Waals surface area contributed by atoms with E-state index in [1.807, 2.05) is 13.0 Å². The van der Waals surface area contributed by atoms with Crippen molar-refractivity contribution >= 4 is 23.1 Å². The predicted octanol–water partition coefficient (Wildman–Crippen LogP) is 2.95. The molecule has 2 aromatic rings. The van der Waals surface area contributed by atoms with Crippen molar-refractivity contribution in [3.63, 3.8) is 0 Å². The van der Waals surface area contributed by atoms with Crippen molar-refractivity contribution in [2.45, 2.75) is 13.5 Å². The third-order valence-electron chi connectivity index (χ3n) is 2.19. The fourth-order valence-corrected chi connectivity index (χ4v) is 1.86. The molecule has 6 heteroatoms. The fourth-order valence-electron chi connectivity index (χ4n) is 1.25. The first-order valence-electron chi connectivity index (χ1n) is 4.81. The Hall–Kier alpha value is -1.64. The lowest BCUT2D eigenvalue weighted by Gasteiger charge is -2.07. The Kier molecular flexibility index (Phi) is 3.57. The summed E-state index contributed by atoms with van der Waals surface area (Å²) in [5.41, 5.74) is 2.13. The van der Waals surface area contributed by atoms with Gasteiger partial charge in [0.2, 0.25) is 0 Å². The Morgan fingerprint density at radius 1 is 1.53 bits per heavy atom. The molecule has 86 valence electrons. The topological polar surface area (TPSA) is 58.8 Å². The Morgan fingerprint density at radius 3 is 3.00 bits per heavy atom. The van der Waals surface area contributed by atoms with Crippen LogP contribution in [0.3, 0.4) is 0 Å². The maximum atomic E-state index is 8.80. The summed E-state index contributed by atoms with van der Waals surface area (Å²) in [6, 6.07) is 7.36. The molecule has 0 aliphatic rings. The number of hydrogen-bond acceptors (Lipinski definition) is 5. The lowest BCUT2D eigenvalue weighted by atomic mass is 10.1. The van der Waals surface area contributed by atoms with E-state index >= 15 is 0 Å². The predicted molar refractivity (Wildman–Crippen MR) is 65.1 cm³/mol. The molecule has 0 radical (unpaired) electrons. The molecule has 0 atom stereocenters. The van der Waals surface area contributed by atoms with Gasteiger partial charge in [-0.05, 0) is 24.6 Å². The SMILES string of the molecule is Cc1ccc(C#N)cc1OCc1nnsc1Cl. The summed E-state index contributed by atoms with van der Waals surface area (Å²) < 4.78 is 9.82. The van der Waals surface area contributed by atoms with E-state index in [9.17, 15) is 0 Å². The minimum Gasteiger partial charge on any atom is -0.487 e. The smallest absolute Gasteiger partial charge is 0.141 e. The zero-order chi connectivity index (χ0) is 12.3. The summed E-state index contributed by atoms with van der Waals surface area (Å²) in [5.74, 6) is 0.660. The van der Waals surface area contributed by atoms with Gasteiger partial charge in [0.25, 0.3) is 0 Å². The third-order valence-corrected chi connectivity index (χ3v) is 3.18. The van der Waals surface area contributed by atoms with Crippen LogP contribution in [0.15, 0.2) is 18.2 Å². The van der Waals surface area contributed by atoms with Crippen molar-refractivity contribution in [2.24, 2.45) is 0 Å². The summed E-state index contributed by atoms with van der Waals surface area (Å²) >= 11 is 6.99. The molecule has 0 aliphatic carbocycles. The van der Waals surface area contributed by atoms with Gasteiger partial charge in [-0.2, -0.15) is 5.26 Å². The Labute approximate surface area is 108 Å². The zero-order valence-corrected chi connectivity index (χ0v) is 10.5. The van der Waals surface area contributed by atoms with E-state index in [4.69, 9.17) is 21.6 Å². The largest absolute Gasteiger partial charge is 0.487 e. The number of hydrogen-bond donors (Lipinski definition) is 0. The van der Waals surface area contributed by atoms with Crippen molar-refractivity contribution in [1.29, 1.82) is 5.26 Å². The third kappa shape index (κ3) is 2.73. The molecule has 0 bridgehead atoms. The minimum atomic E-state index is 0.255. The molecule has 0 fully saturated rings. The number of halogens is 1. The summed E-state index contributed by atoms with van der Waals surface area (Å²) in [4.78, 5) is 0. The number of nitriles is 1. The van der Waals surface area contributed by atoms with Crippen LogP contribution in [-0.4, -0.2) is 9.59 Å². The van der Waals surface area contributed by atoms with E-state index in [1.54, 1.807) is 12.1 Å². The molecule has 0 spiro atoms. The average Bonchev–Trinajstić information content (AvgIpc) is 2.74. The lowest BCUT2D eigenvalue weighted by Crippen LogP contribution is -1.98. The minimum absolute atomic E-state index is 0.255. The summed E-state index contributed by atoms with van der Waals surface area (Å²) in [6.07, 6.45) is 0. The highest BCUT2D eigenvalue weighted by atomic mass is 35.5. The molecular weight excluding hydrogens is 258 g/mol. The van der Waals surface area contributed by atoms with Crippen molar-refractivity contribution in [3.8, 4) is 11.8 Å². The maximum Gasteiger partial charge on any atom is 0.141 e. The number of nitrogens with zero attached hydrogens (tertiary/aromatic N) is 3. The van der Waals surface area contributed by atoms with Crippen LogP contribution in [0.25, 0.3) is 0 Å². The number of benzene rings is 1. The molecule has 0 unspecified atom stereocenters. The summed E-state index contributed by atoms with van der Waals surface area (Å²) in [6.45, 7) is 2.17. The quantitative estimate of drug-likeness (QED) is 0.856. The van der Waals surface area contributed by atoms with Gasteiger partial charge < -0.3 is 4.74 Å². The summed E-state index contributed by atoms with van der Waals surface area (Å²) in [5, 5.41) is 12.7. The van der Waals surface area contributed by atoms with Crippen LogP contribution in [0, 0.1) is 18.3 Å². The lowest BCUT2D eigenvalue weighted by molar-refractivity contribution is 0.299. The monoisotopic (exact) mass is 265 g/mol. The second-order valence-electron chi connectivity index (χ2n) is 3.37. The van der Waals surface area contributed by atoms with E-state index in [-0.39, 0.29) is 6.61 Å². The zero-order valence-electron chi connectivity index (χ0n) is 8.98. The highest BCUT2D eigenvalue weighted by Gasteiger charge is 2.07. The first kappa shape index (κ1) is 11.8. The van der Waals surface area contributed by atoms with Crippen LogP contribution in [0.1, 0.15) is 16.8 Å². The van der Waals surface area contributed by atoms with Crippen molar-refractivity contribution in [1.82, 2.24) is 9.59 Å². The van der Waals surface area contributed by atoms with Gasteiger partial charge in [0.1, 0.15) is 22.4 Å². The van der Waals surface area contributed by atoms with Gasteiger partial charge in [0, 0.05) is 11.5 Å². The first-order chi connectivity index (χ1) is 8.20. The first-order valence-corrected chi connectivity index (χ1v) is 5.96.